The molecule has 0 aliphatic carbocycles. The molecule has 3 rings (SSSR count). The average molecular weight is 437 g/mol. The molecule has 2 aromatic rings. The van der Waals surface area contributed by atoms with Crippen molar-refractivity contribution >= 4 is 15.9 Å². The van der Waals surface area contributed by atoms with Crippen LogP contribution in [0.25, 0.3) is 0 Å². The van der Waals surface area contributed by atoms with E-state index in [1.54, 1.807) is 25.4 Å². The largest absolute Gasteiger partial charge is 0.475 e. The Balaban J connectivity index is 1.73. The topological polar surface area (TPSA) is 97.8 Å². The number of methoxy groups -OCH3 is 1. The van der Waals surface area contributed by atoms with Gasteiger partial charge in [0.05, 0.1) is 6.61 Å². The van der Waals surface area contributed by atoms with E-state index < -0.39 is 26.6 Å². The van der Waals surface area contributed by atoms with Gasteiger partial charge in [-0.1, -0.05) is 6.07 Å². The number of amides is 1. The molecule has 1 aliphatic rings. The Hall–Kier alpha value is -2.56. The lowest BCUT2D eigenvalue weighted by Crippen LogP contribution is -2.29. The van der Waals surface area contributed by atoms with Crippen molar-refractivity contribution in [2.75, 3.05) is 33.4 Å². The minimum Gasteiger partial charge on any atom is -0.475 e. The monoisotopic (exact) mass is 437 g/mol. The molecule has 0 saturated carbocycles. The van der Waals surface area contributed by atoms with Crippen molar-refractivity contribution in [2.45, 2.75) is 24.3 Å². The third-order valence-electron chi connectivity index (χ3n) is 4.69. The summed E-state index contributed by atoms with van der Waals surface area (Å²) >= 11 is 0. The minimum atomic E-state index is -3.98. The average Bonchev–Trinajstić information content (AvgIpc) is 3.29. The molecule has 1 aromatic carbocycles. The number of hydrogen-bond acceptors (Lipinski definition) is 6. The number of pyridine rings is 1. The minimum absolute atomic E-state index is 0.0555. The highest BCUT2D eigenvalue weighted by Gasteiger charge is 2.30. The van der Waals surface area contributed by atoms with Crippen LogP contribution in [0.5, 0.6) is 5.88 Å². The van der Waals surface area contributed by atoms with Gasteiger partial charge in [-0.3, -0.25) is 4.79 Å². The molecule has 0 unspecified atom stereocenters. The fraction of sp³-hybridized carbons (Fsp3) is 0.400. The molecule has 1 aliphatic heterocycles. The maximum absolute atomic E-state index is 14.3. The molecule has 0 radical (unpaired) electrons. The molecule has 10 heteroatoms. The summed E-state index contributed by atoms with van der Waals surface area (Å²) in [6, 6.07) is 6.80. The fourth-order valence-corrected chi connectivity index (χ4v) is 4.71. The summed E-state index contributed by atoms with van der Waals surface area (Å²) in [6.07, 6.45) is 3.05. The second-order valence-electron chi connectivity index (χ2n) is 6.75. The SMILES string of the molecule is COCCOc1ncccc1CNC(=O)c1ccc(F)c(S(=O)(=O)N2CCCC2)c1. The van der Waals surface area contributed by atoms with E-state index in [0.29, 0.717) is 37.7 Å². The maximum atomic E-state index is 14.3. The smallest absolute Gasteiger partial charge is 0.251 e. The van der Waals surface area contributed by atoms with Gasteiger partial charge >= 0.3 is 0 Å². The number of benzene rings is 1. The van der Waals surface area contributed by atoms with Crippen LogP contribution in [0, 0.1) is 5.82 Å². The zero-order valence-corrected chi connectivity index (χ0v) is 17.5. The quantitative estimate of drug-likeness (QED) is 0.603. The highest BCUT2D eigenvalue weighted by Crippen LogP contribution is 2.24. The first-order valence-electron chi connectivity index (χ1n) is 9.57. The predicted octanol–water partition coefficient (Wildman–Crippen LogP) is 1.96. The number of aromatic nitrogens is 1. The van der Waals surface area contributed by atoms with Crippen LogP contribution in [0.2, 0.25) is 0 Å². The molecule has 2 heterocycles. The summed E-state index contributed by atoms with van der Waals surface area (Å²) in [4.78, 5) is 16.2. The number of ether oxygens (including phenoxy) is 2. The Kier molecular flexibility index (Phi) is 7.35. The van der Waals surface area contributed by atoms with Crippen LogP contribution >= 0.6 is 0 Å². The zero-order chi connectivity index (χ0) is 21.6. The Bertz CT molecular complexity index is 994. The summed E-state index contributed by atoms with van der Waals surface area (Å²) < 4.78 is 51.4. The number of sulfonamides is 1. The first-order valence-corrected chi connectivity index (χ1v) is 11.0. The third-order valence-corrected chi connectivity index (χ3v) is 6.61. The summed E-state index contributed by atoms with van der Waals surface area (Å²) in [6.45, 7) is 1.52. The second-order valence-corrected chi connectivity index (χ2v) is 8.65. The number of nitrogens with zero attached hydrogens (tertiary/aromatic N) is 2. The lowest BCUT2D eigenvalue weighted by molar-refractivity contribution is 0.0949. The molecule has 0 atom stereocenters. The highest BCUT2D eigenvalue weighted by atomic mass is 32.2. The van der Waals surface area contributed by atoms with E-state index in [4.69, 9.17) is 9.47 Å². The van der Waals surface area contributed by atoms with E-state index in [2.05, 4.69) is 10.3 Å². The van der Waals surface area contributed by atoms with Gasteiger partial charge in [-0.2, -0.15) is 4.31 Å². The molecule has 8 nitrogen and oxygen atoms in total. The summed E-state index contributed by atoms with van der Waals surface area (Å²) in [5.74, 6) is -1.04. The molecule has 1 amide bonds. The Labute approximate surface area is 175 Å². The van der Waals surface area contributed by atoms with Gasteiger partial charge in [0, 0.05) is 44.1 Å². The van der Waals surface area contributed by atoms with Crippen LogP contribution in [0.15, 0.2) is 41.4 Å². The van der Waals surface area contributed by atoms with Crippen molar-refractivity contribution in [1.82, 2.24) is 14.6 Å². The van der Waals surface area contributed by atoms with Crippen molar-refractivity contribution in [3.05, 3.63) is 53.5 Å². The molecule has 1 saturated heterocycles. The van der Waals surface area contributed by atoms with E-state index >= 15 is 0 Å². The number of carbonyl (C=O) groups is 1. The van der Waals surface area contributed by atoms with E-state index in [0.717, 1.165) is 25.0 Å². The lowest BCUT2D eigenvalue weighted by Gasteiger charge is -2.16. The Morgan fingerprint density at radius 1 is 1.23 bits per heavy atom. The molecule has 0 bridgehead atoms. The second kappa shape index (κ2) is 9.96. The van der Waals surface area contributed by atoms with E-state index in [1.165, 1.54) is 10.4 Å². The van der Waals surface area contributed by atoms with Crippen molar-refractivity contribution in [3.63, 3.8) is 0 Å². The standard InChI is InChI=1S/C20H24FN3O5S/c1-28-11-12-29-20-16(5-4-8-22-20)14-23-19(25)15-6-7-17(21)18(13-15)30(26,27)24-9-2-3-10-24/h4-8,13H,2-3,9-12,14H2,1H3,(H,23,25). The summed E-state index contributed by atoms with van der Waals surface area (Å²) in [5.41, 5.74) is 0.703. The number of hydrogen-bond donors (Lipinski definition) is 1. The first-order chi connectivity index (χ1) is 14.4. The molecule has 162 valence electrons. The molecule has 1 N–H and O–H groups in total. The number of nitrogens with one attached hydrogen (secondary N) is 1. The molecular formula is C20H24FN3O5S. The van der Waals surface area contributed by atoms with Crippen molar-refractivity contribution in [3.8, 4) is 5.88 Å². The van der Waals surface area contributed by atoms with Crippen molar-refractivity contribution < 1.29 is 27.1 Å². The van der Waals surface area contributed by atoms with Gasteiger partial charge in [-0.05, 0) is 37.1 Å². The Morgan fingerprint density at radius 2 is 2.00 bits per heavy atom. The van der Waals surface area contributed by atoms with Crippen LogP contribution in [0.1, 0.15) is 28.8 Å². The van der Waals surface area contributed by atoms with E-state index in [-0.39, 0.29) is 12.1 Å². The predicted molar refractivity (Wildman–Crippen MR) is 107 cm³/mol. The fourth-order valence-electron chi connectivity index (χ4n) is 3.10. The van der Waals surface area contributed by atoms with Gasteiger partial charge < -0.3 is 14.8 Å². The lowest BCUT2D eigenvalue weighted by atomic mass is 10.2. The third kappa shape index (κ3) is 5.13. The molecular weight excluding hydrogens is 413 g/mol. The van der Waals surface area contributed by atoms with Gasteiger partial charge in [-0.15, -0.1) is 0 Å². The Morgan fingerprint density at radius 3 is 2.73 bits per heavy atom. The zero-order valence-electron chi connectivity index (χ0n) is 16.6. The summed E-state index contributed by atoms with van der Waals surface area (Å²) in [7, 11) is -2.42. The number of rotatable bonds is 9. The van der Waals surface area contributed by atoms with Gasteiger partial charge in [-0.25, -0.2) is 17.8 Å². The molecule has 30 heavy (non-hydrogen) atoms. The molecule has 1 aromatic heterocycles. The number of carbonyl (C=O) groups excluding carboxylic acids is 1. The van der Waals surface area contributed by atoms with E-state index in [1.807, 2.05) is 0 Å². The first kappa shape index (κ1) is 22.1. The maximum Gasteiger partial charge on any atom is 0.251 e. The van der Waals surface area contributed by atoms with Crippen LogP contribution in [0.4, 0.5) is 4.39 Å². The molecule has 1 fully saturated rings. The van der Waals surface area contributed by atoms with Gasteiger partial charge in [0.2, 0.25) is 15.9 Å². The van der Waals surface area contributed by atoms with Crippen molar-refractivity contribution in [2.24, 2.45) is 0 Å². The van der Waals surface area contributed by atoms with Crippen LogP contribution in [-0.4, -0.2) is 57.0 Å². The van der Waals surface area contributed by atoms with Crippen LogP contribution < -0.4 is 10.1 Å². The van der Waals surface area contributed by atoms with Crippen LogP contribution in [-0.2, 0) is 21.3 Å². The molecule has 0 spiro atoms. The van der Waals surface area contributed by atoms with E-state index in [9.17, 15) is 17.6 Å². The van der Waals surface area contributed by atoms with Gasteiger partial charge in [0.25, 0.3) is 5.91 Å². The van der Waals surface area contributed by atoms with Gasteiger partial charge in [0.15, 0.2) is 0 Å². The normalized spacial score (nSPS) is 14.6. The summed E-state index contributed by atoms with van der Waals surface area (Å²) in [5, 5.41) is 2.69. The van der Waals surface area contributed by atoms with Crippen LogP contribution in [0.3, 0.4) is 0 Å². The van der Waals surface area contributed by atoms with Crippen molar-refractivity contribution in [1.29, 1.82) is 0 Å². The highest BCUT2D eigenvalue weighted by molar-refractivity contribution is 7.89. The number of halogens is 1. The van der Waals surface area contributed by atoms with Gasteiger partial charge in [0.1, 0.15) is 17.3 Å².